The van der Waals surface area contributed by atoms with Crippen LogP contribution in [0.25, 0.3) is 5.65 Å². The first kappa shape index (κ1) is 23.8. The maximum Gasteiger partial charge on any atom is 0.229 e. The zero-order chi connectivity index (χ0) is 24.7. The van der Waals surface area contributed by atoms with E-state index in [1.807, 2.05) is 46.9 Å². The van der Waals surface area contributed by atoms with Crippen molar-refractivity contribution in [2.45, 2.75) is 38.8 Å². The lowest BCUT2D eigenvalue weighted by molar-refractivity contribution is -0.140. The zero-order valence-electron chi connectivity index (χ0n) is 20.8. The number of hydrogen-bond acceptors (Lipinski definition) is 7. The third kappa shape index (κ3) is 4.21. The standard InChI is InChI=1S/C25H33ClN8O/c1-5-18-12-27-9-11-33(18)24-29-13-19(26)22(30-24)32-15-17(16-32)23(35)31(4)25(2,3)20-14-28-21-8-6-7-10-34(20)21/h6-8,10,13-14,17-18,27H,5,9,11-12,15-16H2,1-4H3/t18-/m0/s1. The minimum Gasteiger partial charge on any atom is -0.353 e. The Kier molecular flexibility index (Phi) is 6.31. The Morgan fingerprint density at radius 1 is 1.26 bits per heavy atom. The second kappa shape index (κ2) is 9.28. The predicted octanol–water partition coefficient (Wildman–Crippen LogP) is 2.80. The van der Waals surface area contributed by atoms with Crippen molar-refractivity contribution < 1.29 is 4.79 Å². The van der Waals surface area contributed by atoms with Crippen LogP contribution in [0, 0.1) is 5.92 Å². The fourth-order valence-electron chi connectivity index (χ4n) is 5.01. The van der Waals surface area contributed by atoms with Crippen molar-refractivity contribution in [1.29, 1.82) is 0 Å². The summed E-state index contributed by atoms with van der Waals surface area (Å²) < 4.78 is 2.04. The molecule has 0 unspecified atom stereocenters. The summed E-state index contributed by atoms with van der Waals surface area (Å²) in [4.78, 5) is 33.5. The van der Waals surface area contributed by atoms with Crippen molar-refractivity contribution in [3.8, 4) is 0 Å². The Morgan fingerprint density at radius 2 is 2.06 bits per heavy atom. The molecule has 35 heavy (non-hydrogen) atoms. The van der Waals surface area contributed by atoms with Crippen molar-refractivity contribution >= 4 is 34.9 Å². The summed E-state index contributed by atoms with van der Waals surface area (Å²) in [5.41, 5.74) is 1.33. The van der Waals surface area contributed by atoms with Crippen LogP contribution in [0.1, 0.15) is 32.9 Å². The lowest BCUT2D eigenvalue weighted by Crippen LogP contribution is -2.57. The van der Waals surface area contributed by atoms with Crippen molar-refractivity contribution in [1.82, 2.24) is 29.6 Å². The number of carbonyl (C=O) groups is 1. The number of halogens is 1. The molecule has 3 aromatic heterocycles. The van der Waals surface area contributed by atoms with Crippen LogP contribution in [0.15, 0.2) is 36.8 Å². The van der Waals surface area contributed by atoms with Gasteiger partial charge in [0.1, 0.15) is 10.7 Å². The van der Waals surface area contributed by atoms with E-state index in [2.05, 4.69) is 45.9 Å². The van der Waals surface area contributed by atoms with Crippen molar-refractivity contribution in [2.24, 2.45) is 5.92 Å². The highest BCUT2D eigenvalue weighted by Crippen LogP contribution is 2.34. The van der Waals surface area contributed by atoms with Gasteiger partial charge in [-0.05, 0) is 32.4 Å². The monoisotopic (exact) mass is 496 g/mol. The van der Waals surface area contributed by atoms with Crippen molar-refractivity contribution in [3.05, 3.63) is 47.5 Å². The van der Waals surface area contributed by atoms with Crippen LogP contribution < -0.4 is 15.1 Å². The molecule has 10 heteroatoms. The highest BCUT2D eigenvalue weighted by molar-refractivity contribution is 6.32. The molecule has 2 aliphatic rings. The Morgan fingerprint density at radius 3 is 2.83 bits per heavy atom. The van der Waals surface area contributed by atoms with E-state index in [4.69, 9.17) is 16.6 Å². The van der Waals surface area contributed by atoms with E-state index in [0.29, 0.717) is 35.9 Å². The number of nitrogens with one attached hydrogen (secondary N) is 1. The summed E-state index contributed by atoms with van der Waals surface area (Å²) in [6.07, 6.45) is 6.54. The average Bonchev–Trinajstić information content (AvgIpc) is 3.29. The summed E-state index contributed by atoms with van der Waals surface area (Å²) >= 11 is 6.50. The van der Waals surface area contributed by atoms with Gasteiger partial charge in [-0.2, -0.15) is 4.98 Å². The SMILES string of the molecule is CC[C@H]1CNCCN1c1ncc(Cl)c(N2CC(C(=O)N(C)C(C)(C)c3cnc4ccccn34)C2)n1. The van der Waals surface area contributed by atoms with Gasteiger partial charge < -0.3 is 24.4 Å². The molecule has 0 aromatic carbocycles. The van der Waals surface area contributed by atoms with Gasteiger partial charge in [0, 0.05) is 52.0 Å². The highest BCUT2D eigenvalue weighted by atomic mass is 35.5. The lowest BCUT2D eigenvalue weighted by Gasteiger charge is -2.44. The van der Waals surface area contributed by atoms with Gasteiger partial charge >= 0.3 is 0 Å². The summed E-state index contributed by atoms with van der Waals surface area (Å²) in [6.45, 7) is 10.2. The molecule has 1 amide bonds. The Labute approximate surface area is 211 Å². The molecule has 0 radical (unpaired) electrons. The minimum absolute atomic E-state index is 0.107. The van der Waals surface area contributed by atoms with Crippen LogP contribution in [-0.4, -0.2) is 76.0 Å². The number of imidazole rings is 1. The van der Waals surface area contributed by atoms with Crippen molar-refractivity contribution in [2.75, 3.05) is 49.6 Å². The van der Waals surface area contributed by atoms with Crippen LogP contribution in [0.3, 0.4) is 0 Å². The molecule has 1 N–H and O–H groups in total. The largest absolute Gasteiger partial charge is 0.353 e. The summed E-state index contributed by atoms with van der Waals surface area (Å²) in [5, 5.41) is 3.95. The molecule has 3 aromatic rings. The Hall–Kier alpha value is -2.91. The summed E-state index contributed by atoms with van der Waals surface area (Å²) in [7, 11) is 1.87. The molecule has 0 aliphatic carbocycles. The van der Waals surface area contributed by atoms with E-state index >= 15 is 0 Å². The van der Waals surface area contributed by atoms with E-state index < -0.39 is 5.54 Å². The summed E-state index contributed by atoms with van der Waals surface area (Å²) in [5.74, 6) is 1.40. The Bertz CT molecular complexity index is 1220. The molecule has 2 fully saturated rings. The van der Waals surface area contributed by atoms with Crippen LogP contribution >= 0.6 is 11.6 Å². The van der Waals surface area contributed by atoms with Crippen LogP contribution in [0.5, 0.6) is 0 Å². The van der Waals surface area contributed by atoms with Gasteiger partial charge in [-0.25, -0.2) is 9.97 Å². The molecule has 2 saturated heterocycles. The molecule has 0 spiro atoms. The zero-order valence-corrected chi connectivity index (χ0v) is 21.5. The molecule has 0 bridgehead atoms. The van der Waals surface area contributed by atoms with Gasteiger partial charge in [0.15, 0.2) is 5.82 Å². The second-order valence-corrected chi connectivity index (χ2v) is 10.3. The lowest BCUT2D eigenvalue weighted by atomic mass is 9.93. The topological polar surface area (TPSA) is 81.9 Å². The van der Waals surface area contributed by atoms with Gasteiger partial charge in [0.2, 0.25) is 11.9 Å². The maximum absolute atomic E-state index is 13.4. The molecule has 5 heterocycles. The number of piperazine rings is 1. The predicted molar refractivity (Wildman–Crippen MR) is 138 cm³/mol. The first-order chi connectivity index (χ1) is 16.8. The van der Waals surface area contributed by atoms with Crippen LogP contribution in [0.4, 0.5) is 11.8 Å². The van der Waals surface area contributed by atoms with Gasteiger partial charge in [0.05, 0.1) is 29.5 Å². The first-order valence-corrected chi connectivity index (χ1v) is 12.6. The number of aromatic nitrogens is 4. The van der Waals surface area contributed by atoms with E-state index in [-0.39, 0.29) is 11.8 Å². The molecule has 1 atom stereocenters. The minimum atomic E-state index is -0.518. The average molecular weight is 497 g/mol. The molecule has 0 saturated carbocycles. The maximum atomic E-state index is 13.4. The molecular weight excluding hydrogens is 464 g/mol. The fourth-order valence-corrected chi connectivity index (χ4v) is 5.22. The molecular formula is C25H33ClN8O. The van der Waals surface area contributed by atoms with E-state index in [9.17, 15) is 4.79 Å². The third-order valence-corrected chi connectivity index (χ3v) is 7.80. The third-order valence-electron chi connectivity index (χ3n) is 7.53. The Balaban J connectivity index is 1.29. The normalized spacial score (nSPS) is 19.2. The molecule has 9 nitrogen and oxygen atoms in total. The number of amides is 1. The van der Waals surface area contributed by atoms with Crippen LogP contribution in [-0.2, 0) is 10.3 Å². The number of carbonyl (C=O) groups excluding carboxylic acids is 1. The van der Waals surface area contributed by atoms with Gasteiger partial charge in [-0.3, -0.25) is 4.79 Å². The second-order valence-electron chi connectivity index (χ2n) is 9.93. The van der Waals surface area contributed by atoms with Gasteiger partial charge in [-0.15, -0.1) is 0 Å². The number of pyridine rings is 1. The smallest absolute Gasteiger partial charge is 0.229 e. The van der Waals surface area contributed by atoms with Crippen molar-refractivity contribution in [3.63, 3.8) is 0 Å². The first-order valence-electron chi connectivity index (χ1n) is 12.3. The molecule has 186 valence electrons. The van der Waals surface area contributed by atoms with E-state index in [1.165, 1.54) is 0 Å². The quantitative estimate of drug-likeness (QED) is 0.562. The number of fused-ring (bicyclic) bond motifs is 1. The van der Waals surface area contributed by atoms with Crippen LogP contribution in [0.2, 0.25) is 5.02 Å². The molecule has 5 rings (SSSR count). The number of rotatable bonds is 6. The van der Waals surface area contributed by atoms with Gasteiger partial charge in [-0.1, -0.05) is 24.6 Å². The van der Waals surface area contributed by atoms with E-state index in [1.54, 1.807) is 6.20 Å². The number of anilines is 2. The fraction of sp³-hybridized carbons (Fsp3) is 0.520. The van der Waals surface area contributed by atoms with E-state index in [0.717, 1.165) is 37.4 Å². The number of nitrogens with zero attached hydrogens (tertiary/aromatic N) is 7. The van der Waals surface area contributed by atoms with Gasteiger partial charge in [0.25, 0.3) is 0 Å². The highest BCUT2D eigenvalue weighted by Gasteiger charge is 2.41. The molecule has 2 aliphatic heterocycles. The summed E-state index contributed by atoms with van der Waals surface area (Å²) in [6, 6.07) is 6.26. The number of hydrogen-bond donors (Lipinski definition) is 1.